The van der Waals surface area contributed by atoms with Gasteiger partial charge >= 0.3 is 0 Å². The van der Waals surface area contributed by atoms with Crippen LogP contribution in [0.1, 0.15) is 43.9 Å². The standard InChI is InChI=1S/C17H26N2O2.ClH/c1-11(2)16(14-7-5-4-6-12(14)3)19-17(20)15-9-8-13(10-18)21-15;/h4-7,11,13,15-16H,8-10,18H2,1-3H3,(H,19,20);1H/t13-,15+,16?;/m1./s1. The molecule has 1 saturated heterocycles. The maximum Gasteiger partial charge on any atom is 0.249 e. The molecule has 0 aromatic heterocycles. The average molecular weight is 327 g/mol. The number of rotatable bonds is 5. The summed E-state index contributed by atoms with van der Waals surface area (Å²) < 4.78 is 5.68. The molecule has 1 aromatic carbocycles. The Hall–Kier alpha value is -1.10. The van der Waals surface area contributed by atoms with E-state index in [-0.39, 0.29) is 36.6 Å². The van der Waals surface area contributed by atoms with E-state index in [1.54, 1.807) is 0 Å². The van der Waals surface area contributed by atoms with Crippen LogP contribution in [0.4, 0.5) is 0 Å². The highest BCUT2D eigenvalue weighted by molar-refractivity contribution is 5.85. The largest absolute Gasteiger partial charge is 0.364 e. The number of hydrogen-bond donors (Lipinski definition) is 2. The van der Waals surface area contributed by atoms with Gasteiger partial charge in [-0.15, -0.1) is 12.4 Å². The van der Waals surface area contributed by atoms with E-state index in [1.807, 2.05) is 12.1 Å². The molecule has 2 rings (SSSR count). The Morgan fingerprint density at radius 3 is 2.59 bits per heavy atom. The van der Waals surface area contributed by atoms with Gasteiger partial charge in [0.25, 0.3) is 0 Å². The van der Waals surface area contributed by atoms with Gasteiger partial charge in [-0.25, -0.2) is 0 Å². The molecule has 1 aromatic rings. The zero-order valence-electron chi connectivity index (χ0n) is 13.5. The van der Waals surface area contributed by atoms with Crippen molar-refractivity contribution in [2.75, 3.05) is 6.54 Å². The maximum atomic E-state index is 12.4. The van der Waals surface area contributed by atoms with Crippen molar-refractivity contribution in [3.05, 3.63) is 35.4 Å². The van der Waals surface area contributed by atoms with Crippen molar-refractivity contribution in [2.45, 2.75) is 51.9 Å². The third-order valence-electron chi connectivity index (χ3n) is 4.15. The monoisotopic (exact) mass is 326 g/mol. The lowest BCUT2D eigenvalue weighted by molar-refractivity contribution is -0.133. The highest BCUT2D eigenvalue weighted by Crippen LogP contribution is 2.26. The van der Waals surface area contributed by atoms with Crippen LogP contribution in [0.15, 0.2) is 24.3 Å². The van der Waals surface area contributed by atoms with E-state index >= 15 is 0 Å². The van der Waals surface area contributed by atoms with Crippen molar-refractivity contribution in [1.29, 1.82) is 0 Å². The van der Waals surface area contributed by atoms with Crippen LogP contribution in [-0.4, -0.2) is 24.7 Å². The van der Waals surface area contributed by atoms with E-state index in [1.165, 1.54) is 11.1 Å². The maximum absolute atomic E-state index is 12.4. The molecule has 1 aliphatic heterocycles. The molecule has 5 heteroatoms. The van der Waals surface area contributed by atoms with Gasteiger partial charge in [-0.3, -0.25) is 4.79 Å². The van der Waals surface area contributed by atoms with Gasteiger partial charge in [0.15, 0.2) is 0 Å². The Bertz CT molecular complexity index is 493. The Morgan fingerprint density at radius 1 is 1.36 bits per heavy atom. The van der Waals surface area contributed by atoms with Crippen LogP contribution in [0, 0.1) is 12.8 Å². The van der Waals surface area contributed by atoms with Crippen LogP contribution in [0.2, 0.25) is 0 Å². The van der Waals surface area contributed by atoms with Gasteiger partial charge in [0.1, 0.15) is 6.10 Å². The number of amides is 1. The van der Waals surface area contributed by atoms with Crippen LogP contribution in [0.5, 0.6) is 0 Å². The van der Waals surface area contributed by atoms with E-state index in [2.05, 4.69) is 38.2 Å². The fraction of sp³-hybridized carbons (Fsp3) is 0.588. The molecular formula is C17H27ClN2O2. The lowest BCUT2D eigenvalue weighted by Gasteiger charge is -2.26. The molecule has 124 valence electrons. The molecule has 0 radical (unpaired) electrons. The molecule has 1 unspecified atom stereocenters. The summed E-state index contributed by atoms with van der Waals surface area (Å²) in [5.41, 5.74) is 7.97. The molecule has 0 bridgehead atoms. The summed E-state index contributed by atoms with van der Waals surface area (Å²) in [6.45, 7) is 6.80. The minimum absolute atomic E-state index is 0. The molecule has 22 heavy (non-hydrogen) atoms. The first-order valence-electron chi connectivity index (χ1n) is 7.74. The summed E-state index contributed by atoms with van der Waals surface area (Å²) in [6, 6.07) is 8.20. The number of ether oxygens (including phenoxy) is 1. The van der Waals surface area contributed by atoms with Crippen LogP contribution < -0.4 is 11.1 Å². The van der Waals surface area contributed by atoms with E-state index in [0.717, 1.165) is 12.8 Å². The van der Waals surface area contributed by atoms with Gasteiger partial charge in [-0.2, -0.15) is 0 Å². The topological polar surface area (TPSA) is 64.4 Å². The number of halogens is 1. The van der Waals surface area contributed by atoms with E-state index < -0.39 is 0 Å². The second-order valence-electron chi connectivity index (χ2n) is 6.15. The first-order chi connectivity index (χ1) is 10.0. The van der Waals surface area contributed by atoms with Gasteiger partial charge in [0.2, 0.25) is 5.91 Å². The second-order valence-corrected chi connectivity index (χ2v) is 6.15. The van der Waals surface area contributed by atoms with Crippen molar-refractivity contribution in [3.63, 3.8) is 0 Å². The quantitative estimate of drug-likeness (QED) is 0.874. The number of carbonyl (C=O) groups excluding carboxylic acids is 1. The predicted molar refractivity (Wildman–Crippen MR) is 91.1 cm³/mol. The smallest absolute Gasteiger partial charge is 0.249 e. The molecule has 3 atom stereocenters. The molecule has 0 saturated carbocycles. The number of nitrogens with one attached hydrogen (secondary N) is 1. The minimum atomic E-state index is -0.358. The summed E-state index contributed by atoms with van der Waals surface area (Å²) in [5.74, 6) is 0.301. The third-order valence-corrected chi connectivity index (χ3v) is 4.15. The fourth-order valence-electron chi connectivity index (χ4n) is 2.86. The highest BCUT2D eigenvalue weighted by Gasteiger charge is 2.31. The summed E-state index contributed by atoms with van der Waals surface area (Å²) in [4.78, 5) is 12.4. The predicted octanol–water partition coefficient (Wildman–Crippen LogP) is 2.74. The van der Waals surface area contributed by atoms with Crippen molar-refractivity contribution in [3.8, 4) is 0 Å². The number of benzene rings is 1. The number of carbonyl (C=O) groups is 1. The summed E-state index contributed by atoms with van der Waals surface area (Å²) in [5, 5.41) is 3.16. The Balaban J connectivity index is 0.00000242. The molecule has 0 spiro atoms. The van der Waals surface area contributed by atoms with Crippen LogP contribution in [0.3, 0.4) is 0 Å². The van der Waals surface area contributed by atoms with Gasteiger partial charge in [-0.05, 0) is 36.8 Å². The number of nitrogens with two attached hydrogens (primary N) is 1. The first-order valence-corrected chi connectivity index (χ1v) is 7.74. The second kappa shape index (κ2) is 8.51. The first kappa shape index (κ1) is 18.9. The SMILES string of the molecule is Cc1ccccc1C(NC(=O)[C@@H]1CC[C@H](CN)O1)C(C)C.Cl. The molecule has 1 amide bonds. The normalized spacial score (nSPS) is 22.2. The van der Waals surface area contributed by atoms with Gasteiger partial charge in [0.05, 0.1) is 12.1 Å². The van der Waals surface area contributed by atoms with Gasteiger partial charge in [0, 0.05) is 6.54 Å². The van der Waals surface area contributed by atoms with Crippen molar-refractivity contribution >= 4 is 18.3 Å². The highest BCUT2D eigenvalue weighted by atomic mass is 35.5. The number of hydrogen-bond acceptors (Lipinski definition) is 3. The summed E-state index contributed by atoms with van der Waals surface area (Å²) in [6.07, 6.45) is 1.29. The molecule has 1 fully saturated rings. The minimum Gasteiger partial charge on any atom is -0.364 e. The molecule has 4 nitrogen and oxygen atoms in total. The molecule has 0 aliphatic carbocycles. The van der Waals surface area contributed by atoms with E-state index in [9.17, 15) is 4.79 Å². The van der Waals surface area contributed by atoms with E-state index in [0.29, 0.717) is 12.5 Å². The lowest BCUT2D eigenvalue weighted by Crippen LogP contribution is -2.39. The fourth-order valence-corrected chi connectivity index (χ4v) is 2.86. The van der Waals surface area contributed by atoms with Crippen molar-refractivity contribution in [1.82, 2.24) is 5.32 Å². The van der Waals surface area contributed by atoms with Gasteiger partial charge < -0.3 is 15.8 Å². The Labute approximate surface area is 139 Å². The zero-order valence-corrected chi connectivity index (χ0v) is 14.4. The van der Waals surface area contributed by atoms with Crippen LogP contribution >= 0.6 is 12.4 Å². The molecule has 1 heterocycles. The van der Waals surface area contributed by atoms with Crippen LogP contribution in [0.25, 0.3) is 0 Å². The van der Waals surface area contributed by atoms with E-state index in [4.69, 9.17) is 10.5 Å². The Kier molecular flexibility index (Phi) is 7.33. The van der Waals surface area contributed by atoms with Gasteiger partial charge in [-0.1, -0.05) is 38.1 Å². The zero-order chi connectivity index (χ0) is 15.4. The molecular weight excluding hydrogens is 300 g/mol. The van der Waals surface area contributed by atoms with Crippen molar-refractivity contribution in [2.24, 2.45) is 11.7 Å². The Morgan fingerprint density at radius 2 is 2.05 bits per heavy atom. The lowest BCUT2D eigenvalue weighted by atomic mass is 9.92. The van der Waals surface area contributed by atoms with Crippen molar-refractivity contribution < 1.29 is 9.53 Å². The summed E-state index contributed by atoms with van der Waals surface area (Å²) >= 11 is 0. The molecule has 3 N–H and O–H groups in total. The summed E-state index contributed by atoms with van der Waals surface area (Å²) in [7, 11) is 0. The third kappa shape index (κ3) is 4.45. The molecule has 1 aliphatic rings. The average Bonchev–Trinajstić information content (AvgIpc) is 2.94. The van der Waals surface area contributed by atoms with Crippen LogP contribution in [-0.2, 0) is 9.53 Å². The number of aryl methyl sites for hydroxylation is 1.